The minimum Gasteiger partial charge on any atom is -0.413 e. The first-order chi connectivity index (χ1) is 10.7. The Kier molecular flexibility index (Phi) is 4.14. The van der Waals surface area contributed by atoms with Crippen molar-refractivity contribution in [1.82, 2.24) is 0 Å². The fourth-order valence-electron chi connectivity index (χ4n) is 3.60. The zero-order chi connectivity index (χ0) is 16.8. The zero-order valence-corrected chi connectivity index (χ0v) is 16.0. The second-order valence-electron chi connectivity index (χ2n) is 8.46. The number of carbonyl (C=O) groups excluding carboxylic acids is 1. The molecular weight excluding hydrogens is 300 g/mol. The molecule has 1 fully saturated rings. The van der Waals surface area contributed by atoms with Crippen LogP contribution in [0.3, 0.4) is 0 Å². The average molecular weight is 329 g/mol. The molecule has 2 aliphatic carbocycles. The van der Waals surface area contributed by atoms with Crippen LogP contribution in [0.2, 0.25) is 18.1 Å². The van der Waals surface area contributed by atoms with Crippen LogP contribution in [0.25, 0.3) is 5.57 Å². The van der Waals surface area contributed by atoms with Gasteiger partial charge in [-0.3, -0.25) is 4.79 Å². The molecule has 2 aliphatic rings. The van der Waals surface area contributed by atoms with E-state index in [-0.39, 0.29) is 11.1 Å². The molecule has 0 unspecified atom stereocenters. The highest BCUT2D eigenvalue weighted by Crippen LogP contribution is 2.49. The first kappa shape index (κ1) is 16.7. The number of Topliss-reactive ketones (excluding diaryl/α,β-unsaturated/α-hetero) is 1. The summed E-state index contributed by atoms with van der Waals surface area (Å²) < 4.78 is 6.66. The Morgan fingerprint density at radius 1 is 1.13 bits per heavy atom. The van der Waals surface area contributed by atoms with Crippen LogP contribution in [-0.2, 0) is 9.22 Å². The van der Waals surface area contributed by atoms with Gasteiger partial charge in [-0.2, -0.15) is 0 Å². The van der Waals surface area contributed by atoms with Gasteiger partial charge in [-0.15, -0.1) is 0 Å². The van der Waals surface area contributed by atoms with E-state index in [0.717, 1.165) is 24.0 Å². The third-order valence-corrected chi connectivity index (χ3v) is 10.4. The van der Waals surface area contributed by atoms with Crippen molar-refractivity contribution < 1.29 is 9.22 Å². The largest absolute Gasteiger partial charge is 0.413 e. The number of rotatable bonds is 3. The Bertz CT molecular complexity index is 637. The van der Waals surface area contributed by atoms with Crippen LogP contribution < -0.4 is 0 Å². The first-order valence-electron chi connectivity index (χ1n) is 8.70. The SMILES string of the molecule is CC(C)(C)[Si](C)(C)O[C@@H]1CCC2=C(c3ccccc3)C(=O)C[C@H]21. The second-order valence-corrected chi connectivity index (χ2v) is 13.2. The smallest absolute Gasteiger partial charge is 0.192 e. The van der Waals surface area contributed by atoms with Crippen molar-refractivity contribution in [1.29, 1.82) is 0 Å². The molecule has 2 nitrogen and oxygen atoms in total. The summed E-state index contributed by atoms with van der Waals surface area (Å²) in [4.78, 5) is 12.6. The van der Waals surface area contributed by atoms with Gasteiger partial charge in [0.25, 0.3) is 0 Å². The number of benzene rings is 1. The van der Waals surface area contributed by atoms with Gasteiger partial charge in [0, 0.05) is 17.9 Å². The third-order valence-electron chi connectivity index (χ3n) is 5.91. The molecule has 3 heteroatoms. The molecule has 3 rings (SSSR count). The summed E-state index contributed by atoms with van der Waals surface area (Å²) in [5.41, 5.74) is 3.42. The van der Waals surface area contributed by atoms with Crippen LogP contribution in [0.4, 0.5) is 0 Å². The molecule has 124 valence electrons. The minimum absolute atomic E-state index is 0.213. The maximum absolute atomic E-state index is 12.6. The average Bonchev–Trinajstić information content (AvgIpc) is 2.97. The summed E-state index contributed by atoms with van der Waals surface area (Å²) in [6.07, 6.45) is 2.95. The van der Waals surface area contributed by atoms with Gasteiger partial charge in [-0.25, -0.2) is 0 Å². The molecule has 0 radical (unpaired) electrons. The van der Waals surface area contributed by atoms with Crippen LogP contribution in [0.15, 0.2) is 35.9 Å². The van der Waals surface area contributed by atoms with Crippen LogP contribution in [0.5, 0.6) is 0 Å². The molecule has 0 aromatic heterocycles. The molecule has 1 saturated carbocycles. The Labute approximate surface area is 141 Å². The van der Waals surface area contributed by atoms with Crippen molar-refractivity contribution in [3.05, 3.63) is 41.5 Å². The van der Waals surface area contributed by atoms with E-state index in [2.05, 4.69) is 46.0 Å². The highest BCUT2D eigenvalue weighted by atomic mass is 28.4. The van der Waals surface area contributed by atoms with Crippen molar-refractivity contribution in [2.45, 2.75) is 64.3 Å². The predicted octanol–water partition coefficient (Wildman–Crippen LogP) is 5.21. The molecule has 23 heavy (non-hydrogen) atoms. The quantitative estimate of drug-likeness (QED) is 0.712. The number of hydrogen-bond acceptors (Lipinski definition) is 2. The molecule has 0 N–H and O–H groups in total. The summed E-state index contributed by atoms with van der Waals surface area (Å²) >= 11 is 0. The Morgan fingerprint density at radius 3 is 2.39 bits per heavy atom. The number of carbonyl (C=O) groups is 1. The molecule has 1 aromatic rings. The van der Waals surface area contributed by atoms with Crippen molar-refractivity contribution >= 4 is 19.7 Å². The fourth-order valence-corrected chi connectivity index (χ4v) is 4.99. The molecule has 0 aliphatic heterocycles. The summed E-state index contributed by atoms with van der Waals surface area (Å²) in [7, 11) is -1.79. The van der Waals surface area contributed by atoms with Gasteiger partial charge in [0.1, 0.15) is 0 Å². The van der Waals surface area contributed by atoms with Gasteiger partial charge in [-0.1, -0.05) is 56.7 Å². The molecule has 1 aromatic carbocycles. The molecule has 0 saturated heterocycles. The van der Waals surface area contributed by atoms with E-state index in [1.165, 1.54) is 5.57 Å². The summed E-state index contributed by atoms with van der Waals surface area (Å²) in [6, 6.07) is 10.2. The standard InChI is InChI=1S/C20H28O2Si/c1-20(2,3)23(4,5)22-18-12-11-15-16(18)13-17(21)19(15)14-9-7-6-8-10-14/h6-10,16,18H,11-13H2,1-5H3/t16-,18-/m1/s1. The van der Waals surface area contributed by atoms with E-state index >= 15 is 0 Å². The summed E-state index contributed by atoms with van der Waals surface area (Å²) in [5, 5.41) is 0.213. The third kappa shape index (κ3) is 2.97. The first-order valence-corrected chi connectivity index (χ1v) is 11.6. The zero-order valence-electron chi connectivity index (χ0n) is 15.0. The molecule has 0 amide bonds. The van der Waals surface area contributed by atoms with E-state index < -0.39 is 8.32 Å². The Hall–Kier alpha value is -1.19. The van der Waals surface area contributed by atoms with Gasteiger partial charge in [-0.05, 0) is 36.5 Å². The van der Waals surface area contributed by atoms with Gasteiger partial charge in [0.15, 0.2) is 14.1 Å². The highest BCUT2D eigenvalue weighted by molar-refractivity contribution is 6.74. The van der Waals surface area contributed by atoms with Crippen LogP contribution in [0, 0.1) is 5.92 Å². The van der Waals surface area contributed by atoms with Crippen LogP contribution in [-0.4, -0.2) is 20.2 Å². The molecule has 2 atom stereocenters. The lowest BCUT2D eigenvalue weighted by Crippen LogP contribution is -2.44. The molecule has 0 spiro atoms. The molecular formula is C20H28O2Si. The van der Waals surface area contributed by atoms with E-state index in [4.69, 9.17) is 4.43 Å². The van der Waals surface area contributed by atoms with Gasteiger partial charge >= 0.3 is 0 Å². The van der Waals surface area contributed by atoms with E-state index in [0.29, 0.717) is 18.1 Å². The molecule has 0 bridgehead atoms. The lowest BCUT2D eigenvalue weighted by atomic mass is 10.00. The summed E-state index contributed by atoms with van der Waals surface area (Å²) in [6.45, 7) is 11.5. The van der Waals surface area contributed by atoms with Gasteiger partial charge in [0.2, 0.25) is 0 Å². The van der Waals surface area contributed by atoms with Gasteiger partial charge in [0.05, 0.1) is 6.10 Å². The number of ketones is 1. The summed E-state index contributed by atoms with van der Waals surface area (Å²) in [5.74, 6) is 0.617. The monoisotopic (exact) mass is 328 g/mol. The lowest BCUT2D eigenvalue weighted by molar-refractivity contribution is -0.114. The van der Waals surface area contributed by atoms with Gasteiger partial charge < -0.3 is 4.43 Å². The maximum Gasteiger partial charge on any atom is 0.192 e. The van der Waals surface area contributed by atoms with Crippen molar-refractivity contribution in [3.8, 4) is 0 Å². The van der Waals surface area contributed by atoms with Crippen molar-refractivity contribution in [3.63, 3.8) is 0 Å². The second kappa shape index (κ2) is 5.71. The number of hydrogen-bond donors (Lipinski definition) is 0. The van der Waals surface area contributed by atoms with Crippen molar-refractivity contribution in [2.24, 2.45) is 5.92 Å². The van der Waals surface area contributed by atoms with E-state index in [9.17, 15) is 4.79 Å². The fraction of sp³-hybridized carbons (Fsp3) is 0.550. The number of fused-ring (bicyclic) bond motifs is 1. The number of allylic oxidation sites excluding steroid dienone is 1. The Morgan fingerprint density at radius 2 is 1.78 bits per heavy atom. The minimum atomic E-state index is -1.79. The van der Waals surface area contributed by atoms with Crippen molar-refractivity contribution in [2.75, 3.05) is 0 Å². The topological polar surface area (TPSA) is 26.3 Å². The lowest BCUT2D eigenvalue weighted by Gasteiger charge is -2.39. The highest BCUT2D eigenvalue weighted by Gasteiger charge is 2.46. The molecule has 0 heterocycles. The van der Waals surface area contributed by atoms with Crippen LogP contribution in [0.1, 0.15) is 45.6 Å². The maximum atomic E-state index is 12.6. The predicted molar refractivity (Wildman–Crippen MR) is 97.8 cm³/mol. The Balaban J connectivity index is 1.87. The van der Waals surface area contributed by atoms with E-state index in [1.54, 1.807) is 0 Å². The van der Waals surface area contributed by atoms with Crippen LogP contribution >= 0.6 is 0 Å². The van der Waals surface area contributed by atoms with E-state index in [1.807, 2.05) is 18.2 Å². The normalized spacial score (nSPS) is 25.2.